The Morgan fingerprint density at radius 2 is 1.95 bits per heavy atom. The number of nitrogens with zero attached hydrogens (tertiary/aromatic N) is 1. The van der Waals surface area contributed by atoms with E-state index >= 15 is 0 Å². The van der Waals surface area contributed by atoms with Gasteiger partial charge in [-0.3, -0.25) is 9.59 Å². The molecule has 2 fully saturated rings. The van der Waals surface area contributed by atoms with Crippen molar-refractivity contribution in [3.05, 3.63) is 0 Å². The second kappa shape index (κ2) is 7.48. The molecule has 2 aliphatic rings. The molecule has 2 rings (SSSR count). The van der Waals surface area contributed by atoms with Crippen LogP contribution < -0.4 is 10.6 Å². The lowest BCUT2D eigenvalue weighted by Gasteiger charge is -2.27. The van der Waals surface area contributed by atoms with Crippen LogP contribution in [0.3, 0.4) is 0 Å². The van der Waals surface area contributed by atoms with Crippen LogP contribution in [0, 0.1) is 5.92 Å². The van der Waals surface area contributed by atoms with Crippen molar-refractivity contribution in [1.29, 1.82) is 0 Å². The van der Waals surface area contributed by atoms with Crippen LogP contribution in [0.4, 0.5) is 0 Å². The highest BCUT2D eigenvalue weighted by Gasteiger charge is 2.19. The van der Waals surface area contributed by atoms with Crippen molar-refractivity contribution >= 4 is 11.8 Å². The van der Waals surface area contributed by atoms with E-state index in [1.165, 1.54) is 6.42 Å². The van der Waals surface area contributed by atoms with Gasteiger partial charge >= 0.3 is 0 Å². The van der Waals surface area contributed by atoms with Crippen LogP contribution in [0.15, 0.2) is 0 Å². The normalized spacial score (nSPS) is 24.0. The third-order valence-corrected chi connectivity index (χ3v) is 4.02. The Morgan fingerprint density at radius 1 is 1.16 bits per heavy atom. The number of amides is 2. The Morgan fingerprint density at radius 3 is 2.63 bits per heavy atom. The largest absolute Gasteiger partial charge is 0.347 e. The van der Waals surface area contributed by atoms with E-state index < -0.39 is 0 Å². The summed E-state index contributed by atoms with van der Waals surface area (Å²) >= 11 is 0. The quantitative estimate of drug-likeness (QED) is 0.780. The molecule has 5 heteroatoms. The lowest BCUT2D eigenvalue weighted by molar-refractivity contribution is -0.133. The zero-order valence-corrected chi connectivity index (χ0v) is 11.6. The SMILES string of the molecule is O=C(CC1CCCNC1)NCC(=O)N1CCCCC1. The zero-order chi connectivity index (χ0) is 13.5. The number of carbonyl (C=O) groups is 2. The number of hydrogen-bond acceptors (Lipinski definition) is 3. The lowest BCUT2D eigenvalue weighted by atomic mass is 9.96. The van der Waals surface area contributed by atoms with Gasteiger partial charge in [-0.15, -0.1) is 0 Å². The Hall–Kier alpha value is -1.10. The molecule has 19 heavy (non-hydrogen) atoms. The van der Waals surface area contributed by atoms with Crippen LogP contribution in [-0.2, 0) is 9.59 Å². The van der Waals surface area contributed by atoms with E-state index in [4.69, 9.17) is 0 Å². The first-order chi connectivity index (χ1) is 9.25. The molecule has 0 aromatic rings. The predicted molar refractivity (Wildman–Crippen MR) is 73.7 cm³/mol. The number of piperidine rings is 2. The molecule has 5 nitrogen and oxygen atoms in total. The van der Waals surface area contributed by atoms with Crippen molar-refractivity contribution in [3.8, 4) is 0 Å². The molecule has 0 bridgehead atoms. The second-order valence-electron chi connectivity index (χ2n) is 5.63. The molecule has 0 aliphatic carbocycles. The van der Waals surface area contributed by atoms with Crippen LogP contribution >= 0.6 is 0 Å². The van der Waals surface area contributed by atoms with Gasteiger partial charge in [0.15, 0.2) is 0 Å². The molecule has 2 N–H and O–H groups in total. The van der Waals surface area contributed by atoms with Crippen molar-refractivity contribution < 1.29 is 9.59 Å². The molecule has 108 valence electrons. The maximum Gasteiger partial charge on any atom is 0.241 e. The summed E-state index contributed by atoms with van der Waals surface area (Å²) in [7, 11) is 0. The molecular formula is C14H25N3O2. The van der Waals surface area contributed by atoms with Crippen molar-refractivity contribution in [2.75, 3.05) is 32.7 Å². The molecule has 2 heterocycles. The smallest absolute Gasteiger partial charge is 0.241 e. The van der Waals surface area contributed by atoms with Crippen LogP contribution in [0.2, 0.25) is 0 Å². The molecule has 1 unspecified atom stereocenters. The summed E-state index contributed by atoms with van der Waals surface area (Å²) in [6.45, 7) is 3.85. The van der Waals surface area contributed by atoms with E-state index in [0.29, 0.717) is 12.3 Å². The van der Waals surface area contributed by atoms with Gasteiger partial charge < -0.3 is 15.5 Å². The van der Waals surface area contributed by atoms with E-state index in [1.54, 1.807) is 0 Å². The van der Waals surface area contributed by atoms with Gasteiger partial charge in [0.25, 0.3) is 0 Å². The first-order valence-corrected chi connectivity index (χ1v) is 7.51. The van der Waals surface area contributed by atoms with Gasteiger partial charge in [-0.05, 0) is 51.1 Å². The minimum Gasteiger partial charge on any atom is -0.347 e. The number of likely N-dealkylation sites (tertiary alicyclic amines) is 1. The summed E-state index contributed by atoms with van der Waals surface area (Å²) in [5, 5.41) is 6.07. The van der Waals surface area contributed by atoms with Crippen LogP contribution in [0.5, 0.6) is 0 Å². The van der Waals surface area contributed by atoms with Gasteiger partial charge in [-0.25, -0.2) is 0 Å². The molecule has 0 spiro atoms. The van der Waals surface area contributed by atoms with Crippen molar-refractivity contribution in [1.82, 2.24) is 15.5 Å². The van der Waals surface area contributed by atoms with Crippen molar-refractivity contribution in [2.45, 2.75) is 38.5 Å². The highest BCUT2D eigenvalue weighted by atomic mass is 16.2. The molecule has 0 saturated carbocycles. The van der Waals surface area contributed by atoms with Gasteiger partial charge in [0.2, 0.25) is 11.8 Å². The summed E-state index contributed by atoms with van der Waals surface area (Å²) in [5.74, 6) is 0.507. The zero-order valence-electron chi connectivity index (χ0n) is 11.6. The maximum atomic E-state index is 11.9. The summed E-state index contributed by atoms with van der Waals surface area (Å²) in [6, 6.07) is 0. The van der Waals surface area contributed by atoms with Crippen LogP contribution in [-0.4, -0.2) is 49.4 Å². The third kappa shape index (κ3) is 4.82. The third-order valence-electron chi connectivity index (χ3n) is 4.02. The maximum absolute atomic E-state index is 11.9. The summed E-state index contributed by atoms with van der Waals surface area (Å²) in [6.07, 6.45) is 6.19. The van der Waals surface area contributed by atoms with Crippen molar-refractivity contribution in [3.63, 3.8) is 0 Å². The highest BCUT2D eigenvalue weighted by Crippen LogP contribution is 2.13. The average molecular weight is 267 g/mol. The van der Waals surface area contributed by atoms with Gasteiger partial charge in [0.05, 0.1) is 6.54 Å². The predicted octanol–water partition coefficient (Wildman–Crippen LogP) is 0.505. The number of hydrogen-bond donors (Lipinski definition) is 2. The van der Waals surface area contributed by atoms with E-state index in [-0.39, 0.29) is 18.4 Å². The molecule has 0 aromatic heterocycles. The molecule has 0 radical (unpaired) electrons. The molecule has 2 aliphatic heterocycles. The van der Waals surface area contributed by atoms with Gasteiger partial charge in [0, 0.05) is 19.5 Å². The minimum absolute atomic E-state index is 0.0130. The fraction of sp³-hybridized carbons (Fsp3) is 0.857. The average Bonchev–Trinajstić information content (AvgIpc) is 2.47. The second-order valence-corrected chi connectivity index (χ2v) is 5.63. The highest BCUT2D eigenvalue weighted by molar-refractivity contribution is 5.84. The van der Waals surface area contributed by atoms with E-state index in [0.717, 1.165) is 51.9 Å². The monoisotopic (exact) mass is 267 g/mol. The molecule has 0 aromatic carbocycles. The van der Waals surface area contributed by atoms with Crippen LogP contribution in [0.1, 0.15) is 38.5 Å². The topological polar surface area (TPSA) is 61.4 Å². The number of carbonyl (C=O) groups excluding carboxylic acids is 2. The fourth-order valence-corrected chi connectivity index (χ4v) is 2.86. The molecule has 2 amide bonds. The van der Waals surface area contributed by atoms with Gasteiger partial charge in [-0.2, -0.15) is 0 Å². The van der Waals surface area contributed by atoms with Gasteiger partial charge in [0.1, 0.15) is 0 Å². The van der Waals surface area contributed by atoms with Gasteiger partial charge in [-0.1, -0.05) is 0 Å². The number of nitrogens with one attached hydrogen (secondary N) is 2. The Bertz CT molecular complexity index is 308. The summed E-state index contributed by atoms with van der Waals surface area (Å²) in [4.78, 5) is 25.5. The number of rotatable bonds is 4. The molecular weight excluding hydrogens is 242 g/mol. The standard InChI is InChI=1S/C14H25N3O2/c18-13(9-12-5-4-6-15-10-12)16-11-14(19)17-7-2-1-3-8-17/h12,15H,1-11H2,(H,16,18). The first-order valence-electron chi connectivity index (χ1n) is 7.51. The Labute approximate surface area is 115 Å². The van der Waals surface area contributed by atoms with E-state index in [9.17, 15) is 9.59 Å². The summed E-state index contributed by atoms with van der Waals surface area (Å²) < 4.78 is 0. The van der Waals surface area contributed by atoms with E-state index in [2.05, 4.69) is 10.6 Å². The Balaban J connectivity index is 1.63. The summed E-state index contributed by atoms with van der Waals surface area (Å²) in [5.41, 5.74) is 0. The van der Waals surface area contributed by atoms with E-state index in [1.807, 2.05) is 4.90 Å². The lowest BCUT2D eigenvalue weighted by Crippen LogP contribution is -2.43. The first kappa shape index (κ1) is 14.3. The minimum atomic E-state index is 0.0130. The fourth-order valence-electron chi connectivity index (χ4n) is 2.86. The molecule has 2 saturated heterocycles. The molecule has 1 atom stereocenters. The Kier molecular flexibility index (Phi) is 5.63. The van der Waals surface area contributed by atoms with Crippen molar-refractivity contribution in [2.24, 2.45) is 5.92 Å². The van der Waals surface area contributed by atoms with Crippen LogP contribution in [0.25, 0.3) is 0 Å².